The molecule has 4 aromatic rings. The van der Waals surface area contributed by atoms with Crippen molar-refractivity contribution in [3.8, 4) is 11.5 Å². The predicted molar refractivity (Wildman–Crippen MR) is 154 cm³/mol. The smallest absolute Gasteiger partial charge is 0.475 e. The summed E-state index contributed by atoms with van der Waals surface area (Å²) in [4.78, 5) is 30.8. The summed E-state index contributed by atoms with van der Waals surface area (Å²) in [5.74, 6) is -2.84. The molecule has 0 fully saturated rings. The Hall–Kier alpha value is -4.44. The number of carbonyl (C=O) groups excluding carboxylic acids is 1. The zero-order valence-corrected chi connectivity index (χ0v) is 24.4. The minimum Gasteiger partial charge on any atom is -0.475 e. The van der Waals surface area contributed by atoms with Gasteiger partial charge in [0, 0.05) is 22.5 Å². The average molecular weight is 658 g/mol. The fourth-order valence-electron chi connectivity index (χ4n) is 4.37. The van der Waals surface area contributed by atoms with Crippen LogP contribution in [0.15, 0.2) is 42.5 Å². The van der Waals surface area contributed by atoms with Gasteiger partial charge < -0.3 is 21.5 Å². The van der Waals surface area contributed by atoms with E-state index in [1.165, 1.54) is 6.07 Å². The van der Waals surface area contributed by atoms with Crippen molar-refractivity contribution in [2.75, 3.05) is 30.5 Å². The third kappa shape index (κ3) is 6.96. The number of carboxylic acid groups (broad SMARTS) is 1. The van der Waals surface area contributed by atoms with Gasteiger partial charge in [0.25, 0.3) is 0 Å². The van der Waals surface area contributed by atoms with Gasteiger partial charge in [-0.2, -0.15) is 18.3 Å². The number of anilines is 2. The van der Waals surface area contributed by atoms with Crippen LogP contribution in [0.3, 0.4) is 0 Å². The molecule has 0 saturated carbocycles. The summed E-state index contributed by atoms with van der Waals surface area (Å²) >= 11 is 6.26. The van der Waals surface area contributed by atoms with Crippen molar-refractivity contribution in [2.24, 2.45) is 5.73 Å². The minimum atomic E-state index is -5.08. The largest absolute Gasteiger partial charge is 0.490 e. The van der Waals surface area contributed by atoms with E-state index in [1.54, 1.807) is 54.9 Å². The van der Waals surface area contributed by atoms with Crippen LogP contribution in [-0.4, -0.2) is 68.3 Å². The third-order valence-corrected chi connectivity index (χ3v) is 7.15. The Bertz CT molecular complexity index is 1760. The number of alkyl halides is 5. The highest BCUT2D eigenvalue weighted by molar-refractivity contribution is 6.31. The molecule has 10 nitrogen and oxygen atoms in total. The molecule has 1 aliphatic heterocycles. The lowest BCUT2D eigenvalue weighted by molar-refractivity contribution is -0.192. The lowest BCUT2D eigenvalue weighted by Gasteiger charge is -2.25. The molecule has 5 N–H and O–H groups in total. The average Bonchev–Trinajstić information content (AvgIpc) is 3.45. The summed E-state index contributed by atoms with van der Waals surface area (Å²) in [5, 5.41) is 18.6. The molecule has 0 bridgehead atoms. The van der Waals surface area contributed by atoms with Crippen molar-refractivity contribution in [3.63, 3.8) is 0 Å². The summed E-state index contributed by atoms with van der Waals surface area (Å²) in [6, 6.07) is 11.5. The van der Waals surface area contributed by atoms with Crippen molar-refractivity contribution in [1.82, 2.24) is 19.7 Å². The maximum atomic E-state index is 14.4. The van der Waals surface area contributed by atoms with Gasteiger partial charge in [0.1, 0.15) is 36.5 Å². The first-order valence-electron chi connectivity index (χ1n) is 13.1. The molecular formula is C28H26ClF6N7O3. The standard InChI is InChI=1S/C26H25ClF3N7O.C2HF3O2/c1-25(2)19-21(32-13-26(31,11-28)12-29)33-23(34-22(19)35-24(25)38)20-16-8-7-15(27)9-18(16)37(36-20)10-14-5-3-4-6-17(14)30;3-2(4,5)1(6)7/h3-9H,10-13,31H2,1-2H3,(H2,32,33,34,35,38);(H,6,7). The Morgan fingerprint density at radius 3 is 2.38 bits per heavy atom. The molecule has 240 valence electrons. The van der Waals surface area contributed by atoms with Crippen LogP contribution in [0.5, 0.6) is 0 Å². The third-order valence-electron chi connectivity index (χ3n) is 6.92. The molecule has 17 heteroatoms. The zero-order chi connectivity index (χ0) is 33.3. The first-order chi connectivity index (χ1) is 21.0. The molecule has 5 rings (SSSR count). The molecule has 45 heavy (non-hydrogen) atoms. The van der Waals surface area contributed by atoms with Crippen LogP contribution < -0.4 is 16.4 Å². The van der Waals surface area contributed by atoms with Gasteiger partial charge in [-0.3, -0.25) is 9.48 Å². The number of benzene rings is 2. The second-order valence-electron chi connectivity index (χ2n) is 10.7. The Labute approximate surface area is 256 Å². The molecule has 2 aromatic heterocycles. The summed E-state index contributed by atoms with van der Waals surface area (Å²) in [7, 11) is 0. The molecule has 1 amide bonds. The van der Waals surface area contributed by atoms with Crippen LogP contribution in [0.1, 0.15) is 25.0 Å². The topological polar surface area (TPSA) is 148 Å². The van der Waals surface area contributed by atoms with Crippen LogP contribution in [0.25, 0.3) is 22.4 Å². The monoisotopic (exact) mass is 657 g/mol. The SMILES string of the molecule is CC1(C)C(=O)Nc2nc(-c3nn(Cc4ccccc4F)c4cc(Cl)ccc34)nc(NCC(N)(CF)CF)c21.O=C(O)C(F)(F)F. The van der Waals surface area contributed by atoms with Crippen LogP contribution >= 0.6 is 11.6 Å². The Morgan fingerprint density at radius 1 is 1.13 bits per heavy atom. The van der Waals surface area contributed by atoms with Crippen LogP contribution in [0.2, 0.25) is 5.02 Å². The maximum Gasteiger partial charge on any atom is 0.490 e. The van der Waals surface area contributed by atoms with Crippen molar-refractivity contribution in [3.05, 3.63) is 64.4 Å². The van der Waals surface area contributed by atoms with Crippen molar-refractivity contribution in [1.29, 1.82) is 0 Å². The predicted octanol–water partition coefficient (Wildman–Crippen LogP) is 5.25. The van der Waals surface area contributed by atoms with Crippen molar-refractivity contribution >= 4 is 46.0 Å². The number of aliphatic carboxylic acids is 1. The number of nitrogens with zero attached hydrogens (tertiary/aromatic N) is 4. The molecule has 2 aromatic carbocycles. The van der Waals surface area contributed by atoms with E-state index in [-0.39, 0.29) is 42.3 Å². The Morgan fingerprint density at radius 2 is 1.78 bits per heavy atom. The van der Waals surface area contributed by atoms with Gasteiger partial charge in [0.2, 0.25) is 5.91 Å². The number of carbonyl (C=O) groups is 2. The number of aromatic nitrogens is 4. The second kappa shape index (κ2) is 12.5. The summed E-state index contributed by atoms with van der Waals surface area (Å²) < 4.78 is 74.6. The highest BCUT2D eigenvalue weighted by Crippen LogP contribution is 2.42. The number of hydrogen-bond donors (Lipinski definition) is 4. The first kappa shape index (κ1) is 33.5. The molecule has 3 heterocycles. The van der Waals surface area contributed by atoms with Crippen LogP contribution in [0, 0.1) is 5.82 Å². The van der Waals surface area contributed by atoms with E-state index in [1.807, 2.05) is 0 Å². The Balaban J connectivity index is 0.000000591. The van der Waals surface area contributed by atoms with E-state index < -0.39 is 36.4 Å². The van der Waals surface area contributed by atoms with Crippen molar-refractivity contribution < 1.29 is 41.0 Å². The number of amides is 1. The van der Waals surface area contributed by atoms with Gasteiger partial charge >= 0.3 is 12.1 Å². The van der Waals surface area contributed by atoms with E-state index in [0.29, 0.717) is 32.7 Å². The quantitative estimate of drug-likeness (QED) is 0.188. The number of fused-ring (bicyclic) bond motifs is 2. The van der Waals surface area contributed by atoms with Gasteiger partial charge in [-0.05, 0) is 38.1 Å². The Kier molecular flexibility index (Phi) is 9.30. The normalized spacial score (nSPS) is 14.0. The number of halogens is 7. The van der Waals surface area contributed by atoms with Gasteiger partial charge in [-0.15, -0.1) is 0 Å². The van der Waals surface area contributed by atoms with Gasteiger partial charge in [0.15, 0.2) is 5.82 Å². The highest BCUT2D eigenvalue weighted by Gasteiger charge is 2.43. The molecule has 1 aliphatic rings. The fourth-order valence-corrected chi connectivity index (χ4v) is 4.53. The lowest BCUT2D eigenvalue weighted by atomic mass is 9.87. The van der Waals surface area contributed by atoms with Crippen molar-refractivity contribution in [2.45, 2.75) is 37.5 Å². The van der Waals surface area contributed by atoms with Crippen LogP contribution in [0.4, 0.5) is 38.0 Å². The van der Waals surface area contributed by atoms with E-state index >= 15 is 0 Å². The molecule has 0 unspecified atom stereocenters. The maximum absolute atomic E-state index is 14.4. The number of hydrogen-bond acceptors (Lipinski definition) is 7. The molecule has 0 atom stereocenters. The van der Waals surface area contributed by atoms with E-state index in [2.05, 4.69) is 25.7 Å². The van der Waals surface area contributed by atoms with Gasteiger partial charge in [-0.1, -0.05) is 29.8 Å². The lowest BCUT2D eigenvalue weighted by Crippen LogP contribution is -2.50. The number of rotatable bonds is 8. The molecule has 0 spiro atoms. The minimum absolute atomic E-state index is 0.117. The summed E-state index contributed by atoms with van der Waals surface area (Å²) in [5.41, 5.74) is 4.88. The first-order valence-corrected chi connectivity index (χ1v) is 13.5. The molecule has 0 radical (unpaired) electrons. The summed E-state index contributed by atoms with van der Waals surface area (Å²) in [6.45, 7) is 1.05. The van der Waals surface area contributed by atoms with Crippen LogP contribution in [-0.2, 0) is 21.5 Å². The highest BCUT2D eigenvalue weighted by atomic mass is 35.5. The summed E-state index contributed by atoms with van der Waals surface area (Å²) in [6.07, 6.45) is -5.08. The number of nitrogens with one attached hydrogen (secondary N) is 2. The molecule has 0 aliphatic carbocycles. The molecular weight excluding hydrogens is 632 g/mol. The van der Waals surface area contributed by atoms with E-state index in [4.69, 9.17) is 27.2 Å². The number of carboxylic acids is 1. The van der Waals surface area contributed by atoms with Gasteiger partial charge in [0.05, 0.1) is 28.6 Å². The van der Waals surface area contributed by atoms with E-state index in [0.717, 1.165) is 0 Å². The zero-order valence-electron chi connectivity index (χ0n) is 23.6. The fraction of sp³-hybridized carbons (Fsp3) is 0.321. The molecule has 0 saturated heterocycles. The second-order valence-corrected chi connectivity index (χ2v) is 11.2. The van der Waals surface area contributed by atoms with E-state index in [9.17, 15) is 31.1 Å². The number of nitrogens with two attached hydrogens (primary N) is 1. The van der Waals surface area contributed by atoms with Gasteiger partial charge in [-0.25, -0.2) is 27.9 Å².